The van der Waals surface area contributed by atoms with Gasteiger partial charge in [-0.15, -0.1) is 0 Å². The summed E-state index contributed by atoms with van der Waals surface area (Å²) < 4.78 is 11.4. The van der Waals surface area contributed by atoms with Crippen LogP contribution in [-0.2, 0) is 16.1 Å². The molecular formula is C23H25N3O5. The second kappa shape index (κ2) is 10.4. The molecule has 0 spiro atoms. The SMILES string of the molecule is CCONC(C)=C(Cc1ccc(OC(c2cccc(C)c2)c2ncno2)cc1)C(=O)O. The lowest BCUT2D eigenvalue weighted by Gasteiger charge is -2.17. The Morgan fingerprint density at radius 2 is 2.00 bits per heavy atom. The van der Waals surface area contributed by atoms with E-state index in [0.29, 0.717) is 23.9 Å². The van der Waals surface area contributed by atoms with Gasteiger partial charge in [0.1, 0.15) is 5.75 Å². The van der Waals surface area contributed by atoms with Crippen molar-refractivity contribution in [2.24, 2.45) is 0 Å². The minimum absolute atomic E-state index is 0.227. The molecule has 0 aliphatic heterocycles. The number of aliphatic carboxylic acids is 1. The third kappa shape index (κ3) is 5.93. The standard InChI is InChI=1S/C23H25N3O5/c1-4-29-26-16(3)20(23(27)28)13-17-8-10-19(11-9-17)30-21(22-24-14-25-31-22)18-7-5-6-15(2)12-18/h5-12,14,21,26H,4,13H2,1-3H3,(H,27,28). The van der Waals surface area contributed by atoms with Crippen molar-refractivity contribution in [3.05, 3.63) is 88.7 Å². The maximum absolute atomic E-state index is 11.6. The van der Waals surface area contributed by atoms with Crippen molar-refractivity contribution in [2.75, 3.05) is 6.61 Å². The maximum Gasteiger partial charge on any atom is 0.333 e. The monoisotopic (exact) mass is 423 g/mol. The molecule has 0 saturated heterocycles. The van der Waals surface area contributed by atoms with E-state index >= 15 is 0 Å². The molecule has 0 aliphatic rings. The van der Waals surface area contributed by atoms with E-state index in [0.717, 1.165) is 16.7 Å². The Morgan fingerprint density at radius 1 is 1.23 bits per heavy atom. The summed E-state index contributed by atoms with van der Waals surface area (Å²) in [7, 11) is 0. The van der Waals surface area contributed by atoms with E-state index in [2.05, 4.69) is 15.6 Å². The Labute approximate surface area is 180 Å². The Hall–Kier alpha value is -3.65. The molecule has 1 unspecified atom stereocenters. The molecule has 2 aromatic carbocycles. The number of aromatic nitrogens is 2. The number of benzene rings is 2. The van der Waals surface area contributed by atoms with Crippen LogP contribution in [0.15, 0.2) is 70.7 Å². The number of aryl methyl sites for hydroxylation is 1. The Bertz CT molecular complexity index is 1030. The highest BCUT2D eigenvalue weighted by atomic mass is 16.6. The first-order chi connectivity index (χ1) is 15.0. The van der Waals surface area contributed by atoms with Gasteiger partial charge in [-0.1, -0.05) is 47.1 Å². The molecule has 2 N–H and O–H groups in total. The van der Waals surface area contributed by atoms with Gasteiger partial charge in [0, 0.05) is 17.7 Å². The molecular weight excluding hydrogens is 398 g/mol. The maximum atomic E-state index is 11.6. The van der Waals surface area contributed by atoms with Crippen LogP contribution in [-0.4, -0.2) is 27.8 Å². The zero-order valence-corrected chi connectivity index (χ0v) is 17.7. The second-order valence-corrected chi connectivity index (χ2v) is 6.96. The van der Waals surface area contributed by atoms with E-state index < -0.39 is 12.1 Å². The lowest BCUT2D eigenvalue weighted by atomic mass is 10.0. The van der Waals surface area contributed by atoms with Crippen molar-refractivity contribution in [2.45, 2.75) is 33.3 Å². The molecule has 8 heteroatoms. The van der Waals surface area contributed by atoms with Crippen LogP contribution in [0.2, 0.25) is 0 Å². The van der Waals surface area contributed by atoms with Gasteiger partial charge < -0.3 is 14.4 Å². The number of rotatable bonds is 10. The van der Waals surface area contributed by atoms with Gasteiger partial charge >= 0.3 is 5.97 Å². The summed E-state index contributed by atoms with van der Waals surface area (Å²) in [6, 6.07) is 15.1. The molecule has 0 radical (unpaired) electrons. The van der Waals surface area contributed by atoms with Crippen molar-refractivity contribution in [1.82, 2.24) is 15.6 Å². The van der Waals surface area contributed by atoms with Crippen LogP contribution >= 0.6 is 0 Å². The average Bonchev–Trinajstić information content (AvgIpc) is 3.29. The molecule has 0 fully saturated rings. The van der Waals surface area contributed by atoms with Crippen molar-refractivity contribution < 1.29 is 24.0 Å². The van der Waals surface area contributed by atoms with Crippen LogP contribution in [0.5, 0.6) is 5.75 Å². The smallest absolute Gasteiger partial charge is 0.333 e. The number of hydroxylamine groups is 1. The number of carboxylic acid groups (broad SMARTS) is 1. The predicted molar refractivity (Wildman–Crippen MR) is 113 cm³/mol. The van der Waals surface area contributed by atoms with Gasteiger partial charge in [0.2, 0.25) is 6.10 Å². The van der Waals surface area contributed by atoms with Crippen LogP contribution in [0.1, 0.15) is 42.5 Å². The van der Waals surface area contributed by atoms with Crippen molar-refractivity contribution in [3.63, 3.8) is 0 Å². The molecule has 0 aliphatic carbocycles. The minimum atomic E-state index is -0.999. The molecule has 0 saturated carbocycles. The molecule has 1 aromatic heterocycles. The van der Waals surface area contributed by atoms with Gasteiger partial charge in [0.05, 0.1) is 12.2 Å². The molecule has 31 heavy (non-hydrogen) atoms. The van der Waals surface area contributed by atoms with Gasteiger partial charge in [0.25, 0.3) is 5.89 Å². The zero-order chi connectivity index (χ0) is 22.2. The quantitative estimate of drug-likeness (QED) is 0.372. The minimum Gasteiger partial charge on any atom is -0.478 e. The van der Waals surface area contributed by atoms with E-state index in [9.17, 15) is 9.90 Å². The molecule has 1 heterocycles. The van der Waals surface area contributed by atoms with E-state index in [1.807, 2.05) is 50.2 Å². The number of allylic oxidation sites excluding steroid dienone is 1. The topological polar surface area (TPSA) is 107 Å². The highest BCUT2D eigenvalue weighted by Gasteiger charge is 2.22. The van der Waals surface area contributed by atoms with Crippen LogP contribution in [0.4, 0.5) is 0 Å². The molecule has 3 rings (SSSR count). The second-order valence-electron chi connectivity index (χ2n) is 6.96. The highest BCUT2D eigenvalue weighted by Crippen LogP contribution is 2.28. The fourth-order valence-electron chi connectivity index (χ4n) is 3.03. The summed E-state index contributed by atoms with van der Waals surface area (Å²) in [5.41, 5.74) is 6.16. The van der Waals surface area contributed by atoms with Crippen LogP contribution in [0, 0.1) is 6.92 Å². The van der Waals surface area contributed by atoms with Gasteiger partial charge in [-0.3, -0.25) is 10.3 Å². The number of nitrogens with one attached hydrogen (secondary N) is 1. The summed E-state index contributed by atoms with van der Waals surface area (Å²) in [5, 5.41) is 13.2. The Kier molecular flexibility index (Phi) is 7.40. The van der Waals surface area contributed by atoms with Crippen molar-refractivity contribution >= 4 is 5.97 Å². The van der Waals surface area contributed by atoms with Crippen LogP contribution in [0.25, 0.3) is 0 Å². The Morgan fingerprint density at radius 3 is 2.61 bits per heavy atom. The van der Waals surface area contributed by atoms with Gasteiger partial charge in [-0.05, 0) is 38.5 Å². The van der Waals surface area contributed by atoms with E-state index in [4.69, 9.17) is 14.1 Å². The number of hydrogen-bond donors (Lipinski definition) is 2. The van der Waals surface area contributed by atoms with Crippen molar-refractivity contribution in [1.29, 1.82) is 0 Å². The predicted octanol–water partition coefficient (Wildman–Crippen LogP) is 3.99. The lowest BCUT2D eigenvalue weighted by molar-refractivity contribution is -0.132. The molecule has 0 bridgehead atoms. The van der Waals surface area contributed by atoms with Gasteiger partial charge in [-0.2, -0.15) is 4.98 Å². The normalized spacial score (nSPS) is 12.7. The largest absolute Gasteiger partial charge is 0.478 e. The lowest BCUT2D eigenvalue weighted by Crippen LogP contribution is -2.18. The summed E-state index contributed by atoms with van der Waals surface area (Å²) in [5.74, 6) is -0.0530. The fourth-order valence-corrected chi connectivity index (χ4v) is 3.03. The summed E-state index contributed by atoms with van der Waals surface area (Å²) in [6.45, 7) is 5.92. The number of ether oxygens (including phenoxy) is 1. The van der Waals surface area contributed by atoms with Crippen LogP contribution < -0.4 is 10.2 Å². The zero-order valence-electron chi connectivity index (χ0n) is 17.7. The molecule has 8 nitrogen and oxygen atoms in total. The molecule has 0 amide bonds. The number of carboxylic acids is 1. The molecule has 1 atom stereocenters. The Balaban J connectivity index is 1.79. The average molecular weight is 423 g/mol. The third-order valence-corrected chi connectivity index (χ3v) is 4.59. The van der Waals surface area contributed by atoms with E-state index in [-0.39, 0.29) is 12.0 Å². The summed E-state index contributed by atoms with van der Waals surface area (Å²) >= 11 is 0. The summed E-state index contributed by atoms with van der Waals surface area (Å²) in [6.07, 6.45) is 1.02. The number of nitrogens with zero attached hydrogens (tertiary/aromatic N) is 2. The molecule has 162 valence electrons. The number of hydrogen-bond acceptors (Lipinski definition) is 7. The third-order valence-electron chi connectivity index (χ3n) is 4.59. The number of carbonyl (C=O) groups is 1. The molecule has 3 aromatic rings. The van der Waals surface area contributed by atoms with Gasteiger partial charge in [-0.25, -0.2) is 4.79 Å². The fraction of sp³-hybridized carbons (Fsp3) is 0.261. The first-order valence-electron chi connectivity index (χ1n) is 9.87. The van der Waals surface area contributed by atoms with Gasteiger partial charge in [0.15, 0.2) is 6.33 Å². The van der Waals surface area contributed by atoms with E-state index in [1.54, 1.807) is 19.1 Å². The first kappa shape index (κ1) is 22.0. The van der Waals surface area contributed by atoms with Crippen molar-refractivity contribution in [3.8, 4) is 5.75 Å². The first-order valence-corrected chi connectivity index (χ1v) is 9.87. The summed E-state index contributed by atoms with van der Waals surface area (Å²) in [4.78, 5) is 20.9. The van der Waals surface area contributed by atoms with E-state index in [1.165, 1.54) is 6.33 Å². The highest BCUT2D eigenvalue weighted by molar-refractivity contribution is 5.87. The van der Waals surface area contributed by atoms with Crippen LogP contribution in [0.3, 0.4) is 0 Å².